The average molecular weight is 334 g/mol. The zero-order chi connectivity index (χ0) is 19.1. The van der Waals surface area contributed by atoms with Gasteiger partial charge in [-0.1, -0.05) is 65.5 Å². The molecule has 1 atom stereocenters. The second-order valence-corrected chi connectivity index (χ2v) is 4.73. The molecule has 0 aliphatic carbocycles. The molecule has 1 unspecified atom stereocenters. The number of carbonyl (C=O) groups is 1. The number of allylic oxidation sites excluding steroid dienone is 4. The zero-order valence-electron chi connectivity index (χ0n) is 16.7. The molecule has 0 bridgehead atoms. The molecule has 1 aliphatic rings. The predicted octanol–water partition coefficient (Wildman–Crippen LogP) is 4.68. The van der Waals surface area contributed by atoms with Crippen molar-refractivity contribution < 1.29 is 4.79 Å². The molecule has 1 N–H and O–H groups in total. The Bertz CT molecular complexity index is 499. The van der Waals surface area contributed by atoms with Crippen molar-refractivity contribution >= 4 is 11.6 Å². The maximum atomic E-state index is 11.9. The van der Waals surface area contributed by atoms with Gasteiger partial charge in [0.25, 0.3) is 5.91 Å². The molecule has 0 aromatic heterocycles. The normalized spacial score (nSPS) is 16.9. The molecule has 1 heterocycles. The van der Waals surface area contributed by atoms with Gasteiger partial charge in [0.2, 0.25) is 0 Å². The van der Waals surface area contributed by atoms with E-state index in [4.69, 9.17) is 0 Å². The van der Waals surface area contributed by atoms with Crippen LogP contribution in [-0.2, 0) is 4.79 Å². The van der Waals surface area contributed by atoms with Crippen molar-refractivity contribution in [1.29, 1.82) is 0 Å². The van der Waals surface area contributed by atoms with Crippen LogP contribution in [0.5, 0.6) is 0 Å². The Morgan fingerprint density at radius 3 is 2.42 bits per heavy atom. The van der Waals surface area contributed by atoms with Gasteiger partial charge in [0.15, 0.2) is 0 Å². The van der Waals surface area contributed by atoms with Crippen LogP contribution < -0.4 is 5.32 Å². The van der Waals surface area contributed by atoms with Crippen molar-refractivity contribution in [2.24, 2.45) is 11.0 Å². The lowest BCUT2D eigenvalue weighted by Crippen LogP contribution is -2.37. The first-order chi connectivity index (χ1) is 11.5. The Hall–Kier alpha value is -2.10. The number of hydrogen-bond donors (Lipinski definition) is 1. The number of nitrogens with one attached hydrogen (secondary N) is 1. The number of nitrogens with zero attached hydrogens (tertiary/aromatic N) is 2. The van der Waals surface area contributed by atoms with Crippen LogP contribution in [0, 0.1) is 5.92 Å². The lowest BCUT2D eigenvalue weighted by Gasteiger charge is -2.26. The standard InChI is InChI=1S/C16H23N3O.2C2H6/c1-6-8-9-14(7-2)11-19-10-12(3)13(4)15(18-19)16(20)17-5;2*1-2/h6-10,13H,2,11H2,1,3-5H3,(H,17,20);2*1-2H3/b8-6-,14-9+;;. The lowest BCUT2D eigenvalue weighted by molar-refractivity contribution is -0.114. The maximum absolute atomic E-state index is 11.9. The molecular formula is C20H35N3O. The predicted molar refractivity (Wildman–Crippen MR) is 107 cm³/mol. The monoisotopic (exact) mass is 333 g/mol. The summed E-state index contributed by atoms with van der Waals surface area (Å²) in [5, 5.41) is 8.86. The molecule has 4 nitrogen and oxygen atoms in total. The number of amides is 1. The summed E-state index contributed by atoms with van der Waals surface area (Å²) in [6.07, 6.45) is 9.69. The molecule has 0 radical (unpaired) electrons. The first-order valence-corrected chi connectivity index (χ1v) is 8.73. The van der Waals surface area contributed by atoms with Gasteiger partial charge in [-0.05, 0) is 25.0 Å². The molecule has 0 saturated heterocycles. The smallest absolute Gasteiger partial charge is 0.267 e. The largest absolute Gasteiger partial charge is 0.354 e. The molecule has 1 rings (SSSR count). The van der Waals surface area contributed by atoms with E-state index in [2.05, 4.69) is 17.0 Å². The topological polar surface area (TPSA) is 44.7 Å². The van der Waals surface area contributed by atoms with Crippen LogP contribution in [-0.4, -0.2) is 30.2 Å². The molecule has 0 spiro atoms. The van der Waals surface area contributed by atoms with E-state index in [-0.39, 0.29) is 11.8 Å². The summed E-state index contributed by atoms with van der Waals surface area (Å²) in [7, 11) is 1.62. The summed E-state index contributed by atoms with van der Waals surface area (Å²) in [5.41, 5.74) is 2.71. The van der Waals surface area contributed by atoms with Gasteiger partial charge in [-0.15, -0.1) is 0 Å². The third-order valence-electron chi connectivity index (χ3n) is 3.25. The quantitative estimate of drug-likeness (QED) is 0.742. The van der Waals surface area contributed by atoms with Gasteiger partial charge < -0.3 is 5.32 Å². The van der Waals surface area contributed by atoms with Crippen molar-refractivity contribution in [3.8, 4) is 0 Å². The van der Waals surface area contributed by atoms with Gasteiger partial charge in [-0.25, -0.2) is 0 Å². The van der Waals surface area contributed by atoms with Gasteiger partial charge >= 0.3 is 0 Å². The number of carbonyl (C=O) groups excluding carboxylic acids is 1. The summed E-state index contributed by atoms with van der Waals surface area (Å²) in [5.74, 6) is -0.0922. The molecule has 0 aromatic carbocycles. The van der Waals surface area contributed by atoms with E-state index < -0.39 is 0 Å². The fraction of sp³-hybridized carbons (Fsp3) is 0.500. The molecule has 24 heavy (non-hydrogen) atoms. The zero-order valence-corrected chi connectivity index (χ0v) is 16.7. The van der Waals surface area contributed by atoms with Crippen LogP contribution in [0.2, 0.25) is 0 Å². The van der Waals surface area contributed by atoms with Crippen molar-refractivity contribution in [1.82, 2.24) is 10.3 Å². The third-order valence-corrected chi connectivity index (χ3v) is 3.25. The highest BCUT2D eigenvalue weighted by Crippen LogP contribution is 2.20. The van der Waals surface area contributed by atoms with Crippen LogP contribution in [0.25, 0.3) is 0 Å². The summed E-state index contributed by atoms with van der Waals surface area (Å²) in [6, 6.07) is 0. The van der Waals surface area contributed by atoms with Crippen LogP contribution in [0.3, 0.4) is 0 Å². The molecule has 0 fully saturated rings. The Kier molecular flexibility index (Phi) is 14.6. The van der Waals surface area contributed by atoms with E-state index in [1.165, 1.54) is 0 Å². The molecule has 1 aliphatic heterocycles. The molecule has 0 saturated carbocycles. The first kappa shape index (κ1) is 24.2. The van der Waals surface area contributed by atoms with Gasteiger partial charge in [-0.3, -0.25) is 9.80 Å². The molecular weight excluding hydrogens is 298 g/mol. The van der Waals surface area contributed by atoms with Gasteiger partial charge in [0, 0.05) is 19.2 Å². The maximum Gasteiger partial charge on any atom is 0.267 e. The van der Waals surface area contributed by atoms with Crippen molar-refractivity contribution in [2.45, 2.75) is 48.5 Å². The molecule has 0 aromatic rings. The Labute approximate surface area is 148 Å². The lowest BCUT2D eigenvalue weighted by atomic mass is 9.96. The highest BCUT2D eigenvalue weighted by atomic mass is 16.1. The summed E-state index contributed by atoms with van der Waals surface area (Å²) in [6.45, 7) is 18.4. The SMILES string of the molecule is C=C/C(=C\C=C/C)CN1C=C(C)C(C)C(C(=O)NC)=N1.CC.CC. The third kappa shape index (κ3) is 7.95. The minimum Gasteiger partial charge on any atom is -0.354 e. The second kappa shape index (κ2) is 14.5. The van der Waals surface area contributed by atoms with E-state index in [0.29, 0.717) is 12.3 Å². The minimum atomic E-state index is -0.132. The van der Waals surface area contributed by atoms with Crippen molar-refractivity contribution in [2.75, 3.05) is 13.6 Å². The van der Waals surface area contributed by atoms with E-state index in [1.807, 2.05) is 72.9 Å². The highest BCUT2D eigenvalue weighted by molar-refractivity contribution is 6.40. The van der Waals surface area contributed by atoms with E-state index in [1.54, 1.807) is 18.1 Å². The minimum absolute atomic E-state index is 0.0397. The number of hydrazone groups is 1. The fourth-order valence-electron chi connectivity index (χ4n) is 1.86. The summed E-state index contributed by atoms with van der Waals surface area (Å²) >= 11 is 0. The Morgan fingerprint density at radius 1 is 1.38 bits per heavy atom. The average Bonchev–Trinajstić information content (AvgIpc) is 2.64. The fourth-order valence-corrected chi connectivity index (χ4v) is 1.86. The number of hydrogen-bond acceptors (Lipinski definition) is 3. The van der Waals surface area contributed by atoms with Crippen molar-refractivity contribution in [3.05, 3.63) is 48.2 Å². The van der Waals surface area contributed by atoms with E-state index in [9.17, 15) is 4.79 Å². The first-order valence-electron chi connectivity index (χ1n) is 8.73. The molecule has 1 amide bonds. The van der Waals surface area contributed by atoms with E-state index in [0.717, 1.165) is 11.1 Å². The Balaban J connectivity index is 0. The highest BCUT2D eigenvalue weighted by Gasteiger charge is 2.24. The summed E-state index contributed by atoms with van der Waals surface area (Å²) < 4.78 is 0. The van der Waals surface area contributed by atoms with Gasteiger partial charge in [-0.2, -0.15) is 5.10 Å². The van der Waals surface area contributed by atoms with Crippen LogP contribution in [0.1, 0.15) is 48.5 Å². The van der Waals surface area contributed by atoms with Crippen LogP contribution in [0.4, 0.5) is 0 Å². The summed E-state index contributed by atoms with van der Waals surface area (Å²) in [4.78, 5) is 11.9. The Morgan fingerprint density at radius 2 is 1.96 bits per heavy atom. The number of rotatable bonds is 5. The van der Waals surface area contributed by atoms with Crippen LogP contribution >= 0.6 is 0 Å². The van der Waals surface area contributed by atoms with Crippen LogP contribution in [0.15, 0.2) is 53.3 Å². The molecule has 4 heteroatoms. The second-order valence-electron chi connectivity index (χ2n) is 4.73. The van der Waals surface area contributed by atoms with Gasteiger partial charge in [0.05, 0.1) is 6.54 Å². The van der Waals surface area contributed by atoms with E-state index >= 15 is 0 Å². The van der Waals surface area contributed by atoms with Gasteiger partial charge in [0.1, 0.15) is 5.71 Å². The van der Waals surface area contributed by atoms with Crippen molar-refractivity contribution in [3.63, 3.8) is 0 Å². The molecule has 136 valence electrons.